The number of carbonyl (C=O) groups is 1. The SMILES string of the molecule is CCCCCCCC/C=C/CCCCOC(=O)c1ccc(O)cc1. The van der Waals surface area contributed by atoms with Gasteiger partial charge in [0.25, 0.3) is 0 Å². The Morgan fingerprint density at radius 1 is 0.917 bits per heavy atom. The Hall–Kier alpha value is -1.77. The summed E-state index contributed by atoms with van der Waals surface area (Å²) in [4.78, 5) is 11.7. The summed E-state index contributed by atoms with van der Waals surface area (Å²) in [6, 6.07) is 6.13. The number of rotatable bonds is 13. The molecule has 0 atom stereocenters. The van der Waals surface area contributed by atoms with Gasteiger partial charge in [0.1, 0.15) is 5.75 Å². The first-order valence-corrected chi connectivity index (χ1v) is 9.35. The molecule has 0 aromatic heterocycles. The molecule has 1 aromatic carbocycles. The van der Waals surface area contributed by atoms with Crippen LogP contribution in [0, 0.1) is 0 Å². The summed E-state index contributed by atoms with van der Waals surface area (Å²) in [7, 11) is 0. The van der Waals surface area contributed by atoms with Crippen LogP contribution in [0.25, 0.3) is 0 Å². The van der Waals surface area contributed by atoms with Crippen molar-refractivity contribution in [3.63, 3.8) is 0 Å². The lowest BCUT2D eigenvalue weighted by Crippen LogP contribution is -2.06. The number of carbonyl (C=O) groups excluding carboxylic acids is 1. The van der Waals surface area contributed by atoms with E-state index >= 15 is 0 Å². The molecule has 0 spiro atoms. The molecule has 1 rings (SSSR count). The van der Waals surface area contributed by atoms with E-state index in [2.05, 4.69) is 19.1 Å². The van der Waals surface area contributed by atoms with Crippen LogP contribution in [0.4, 0.5) is 0 Å². The molecule has 1 aromatic rings. The van der Waals surface area contributed by atoms with Gasteiger partial charge in [0.15, 0.2) is 0 Å². The van der Waals surface area contributed by atoms with Crippen molar-refractivity contribution in [1.82, 2.24) is 0 Å². The van der Waals surface area contributed by atoms with Crippen molar-refractivity contribution in [2.45, 2.75) is 71.1 Å². The van der Waals surface area contributed by atoms with Crippen LogP contribution in [-0.4, -0.2) is 17.7 Å². The van der Waals surface area contributed by atoms with Gasteiger partial charge in [-0.1, -0.05) is 51.2 Å². The zero-order valence-corrected chi connectivity index (χ0v) is 15.0. The number of ether oxygens (including phenoxy) is 1. The average molecular weight is 332 g/mol. The maximum atomic E-state index is 11.7. The van der Waals surface area contributed by atoms with E-state index in [-0.39, 0.29) is 11.7 Å². The molecule has 0 aliphatic rings. The van der Waals surface area contributed by atoms with E-state index in [1.807, 2.05) is 0 Å². The number of esters is 1. The van der Waals surface area contributed by atoms with Gasteiger partial charge in [0, 0.05) is 0 Å². The molecule has 0 aliphatic carbocycles. The van der Waals surface area contributed by atoms with E-state index in [0.717, 1.165) is 19.3 Å². The molecule has 1 N–H and O–H groups in total. The van der Waals surface area contributed by atoms with Crippen LogP contribution in [0.5, 0.6) is 5.75 Å². The normalized spacial score (nSPS) is 11.0. The molecule has 0 saturated heterocycles. The lowest BCUT2D eigenvalue weighted by atomic mass is 10.1. The zero-order chi connectivity index (χ0) is 17.5. The fourth-order valence-corrected chi connectivity index (χ4v) is 2.49. The van der Waals surface area contributed by atoms with Crippen molar-refractivity contribution >= 4 is 5.97 Å². The molecular formula is C21H32O3. The number of allylic oxidation sites excluding steroid dienone is 2. The van der Waals surface area contributed by atoms with Gasteiger partial charge in [0.05, 0.1) is 12.2 Å². The fraction of sp³-hybridized carbons (Fsp3) is 0.571. The average Bonchev–Trinajstić information content (AvgIpc) is 2.59. The number of benzene rings is 1. The highest BCUT2D eigenvalue weighted by molar-refractivity contribution is 5.89. The van der Waals surface area contributed by atoms with Crippen LogP contribution < -0.4 is 0 Å². The third-order valence-electron chi connectivity index (χ3n) is 3.99. The van der Waals surface area contributed by atoms with Crippen LogP contribution in [-0.2, 0) is 4.74 Å². The van der Waals surface area contributed by atoms with Crippen LogP contribution in [0.3, 0.4) is 0 Å². The largest absolute Gasteiger partial charge is 0.508 e. The standard InChI is InChI=1S/C21H32O3/c1-2-3-4-5-6-7-8-9-10-11-12-13-18-24-21(23)19-14-16-20(22)17-15-19/h9-10,14-17,22H,2-8,11-13,18H2,1H3/b10-9+. The van der Waals surface area contributed by atoms with Gasteiger partial charge in [-0.3, -0.25) is 0 Å². The molecule has 0 unspecified atom stereocenters. The molecule has 3 nitrogen and oxygen atoms in total. The first kappa shape index (κ1) is 20.3. The van der Waals surface area contributed by atoms with Crippen molar-refractivity contribution in [1.29, 1.82) is 0 Å². The lowest BCUT2D eigenvalue weighted by Gasteiger charge is -2.04. The molecule has 0 amide bonds. The van der Waals surface area contributed by atoms with Crippen molar-refractivity contribution in [2.24, 2.45) is 0 Å². The predicted octanol–water partition coefficient (Wildman–Crippen LogP) is 6.03. The minimum absolute atomic E-state index is 0.152. The van der Waals surface area contributed by atoms with Crippen LogP contribution in [0.15, 0.2) is 36.4 Å². The second kappa shape index (κ2) is 13.6. The lowest BCUT2D eigenvalue weighted by molar-refractivity contribution is 0.0498. The molecular weight excluding hydrogens is 300 g/mol. The van der Waals surface area contributed by atoms with Gasteiger partial charge in [0.2, 0.25) is 0 Å². The summed E-state index contributed by atoms with van der Waals surface area (Å²) >= 11 is 0. The second-order valence-electron chi connectivity index (χ2n) is 6.21. The van der Waals surface area contributed by atoms with Crippen molar-refractivity contribution in [3.05, 3.63) is 42.0 Å². The van der Waals surface area contributed by atoms with Gasteiger partial charge in [-0.05, 0) is 56.4 Å². The van der Waals surface area contributed by atoms with E-state index in [0.29, 0.717) is 12.2 Å². The van der Waals surface area contributed by atoms with Crippen LogP contribution in [0.2, 0.25) is 0 Å². The fourth-order valence-electron chi connectivity index (χ4n) is 2.49. The van der Waals surface area contributed by atoms with E-state index in [9.17, 15) is 9.90 Å². The maximum absolute atomic E-state index is 11.7. The number of phenols is 1. The van der Waals surface area contributed by atoms with E-state index < -0.39 is 0 Å². The molecule has 0 bridgehead atoms. The summed E-state index contributed by atoms with van der Waals surface area (Å²) in [6.07, 6.45) is 16.7. The van der Waals surface area contributed by atoms with Crippen LogP contribution >= 0.6 is 0 Å². The van der Waals surface area contributed by atoms with E-state index in [4.69, 9.17) is 4.74 Å². The second-order valence-corrected chi connectivity index (χ2v) is 6.21. The summed E-state index contributed by atoms with van der Waals surface area (Å²) in [5.74, 6) is -0.173. The minimum atomic E-state index is -0.325. The highest BCUT2D eigenvalue weighted by atomic mass is 16.5. The molecule has 0 aliphatic heterocycles. The van der Waals surface area contributed by atoms with Gasteiger partial charge in [-0.2, -0.15) is 0 Å². The number of phenolic OH excluding ortho intramolecular Hbond substituents is 1. The third-order valence-corrected chi connectivity index (χ3v) is 3.99. The molecule has 134 valence electrons. The van der Waals surface area contributed by atoms with E-state index in [1.165, 1.54) is 57.1 Å². The molecule has 3 heteroatoms. The van der Waals surface area contributed by atoms with E-state index in [1.54, 1.807) is 12.1 Å². The van der Waals surface area contributed by atoms with Crippen LogP contribution in [0.1, 0.15) is 81.5 Å². The molecule has 0 fully saturated rings. The summed E-state index contributed by atoms with van der Waals surface area (Å²) in [5, 5.41) is 9.18. The summed E-state index contributed by atoms with van der Waals surface area (Å²) < 4.78 is 5.22. The first-order valence-electron chi connectivity index (χ1n) is 9.35. The molecule has 0 saturated carbocycles. The Bertz CT molecular complexity index is 462. The predicted molar refractivity (Wildman–Crippen MR) is 99.4 cm³/mol. The monoisotopic (exact) mass is 332 g/mol. The highest BCUT2D eigenvalue weighted by Gasteiger charge is 2.05. The number of hydrogen-bond donors (Lipinski definition) is 1. The van der Waals surface area contributed by atoms with Crippen molar-refractivity contribution < 1.29 is 14.6 Å². The number of hydrogen-bond acceptors (Lipinski definition) is 3. The number of aromatic hydroxyl groups is 1. The van der Waals surface area contributed by atoms with Crippen molar-refractivity contribution in [3.8, 4) is 5.75 Å². The molecule has 0 heterocycles. The first-order chi connectivity index (χ1) is 11.7. The van der Waals surface area contributed by atoms with Gasteiger partial charge in [-0.25, -0.2) is 4.79 Å². The topological polar surface area (TPSA) is 46.5 Å². The van der Waals surface area contributed by atoms with Gasteiger partial charge in [-0.15, -0.1) is 0 Å². The highest BCUT2D eigenvalue weighted by Crippen LogP contribution is 2.11. The zero-order valence-electron chi connectivity index (χ0n) is 15.0. The smallest absolute Gasteiger partial charge is 0.338 e. The Kier molecular flexibility index (Phi) is 11.5. The van der Waals surface area contributed by atoms with Gasteiger partial charge < -0.3 is 9.84 Å². The quantitative estimate of drug-likeness (QED) is 0.273. The van der Waals surface area contributed by atoms with Crippen molar-refractivity contribution in [2.75, 3.05) is 6.61 Å². The molecule has 0 radical (unpaired) electrons. The summed E-state index contributed by atoms with van der Waals surface area (Å²) in [6.45, 7) is 2.70. The van der Waals surface area contributed by atoms with Gasteiger partial charge >= 0.3 is 5.97 Å². The summed E-state index contributed by atoms with van der Waals surface area (Å²) in [5.41, 5.74) is 0.478. The maximum Gasteiger partial charge on any atom is 0.338 e. The minimum Gasteiger partial charge on any atom is -0.508 e. The number of unbranched alkanes of at least 4 members (excludes halogenated alkanes) is 8. The molecule has 24 heavy (non-hydrogen) atoms. The Morgan fingerprint density at radius 3 is 2.17 bits per heavy atom. The Labute approximate surface area is 146 Å². The Balaban J connectivity index is 1.93. The third kappa shape index (κ3) is 10.1. The Morgan fingerprint density at radius 2 is 1.50 bits per heavy atom.